The maximum Gasteiger partial charge on any atom is 0.0558 e. The highest BCUT2D eigenvalue weighted by atomic mass is 16.3. The summed E-state index contributed by atoms with van der Waals surface area (Å²) >= 11 is 0. The fourth-order valence-electron chi connectivity index (χ4n) is 1.23. The van der Waals surface area contributed by atoms with E-state index >= 15 is 0 Å². The molecule has 0 radical (unpaired) electrons. The van der Waals surface area contributed by atoms with E-state index in [-0.39, 0.29) is 28.1 Å². The molecule has 96 valence electrons. The van der Waals surface area contributed by atoms with E-state index in [1.165, 1.54) is 0 Å². The van der Waals surface area contributed by atoms with Crippen LogP contribution in [-0.2, 0) is 0 Å². The average molecular weight is 222 g/mol. The van der Waals surface area contributed by atoms with Crippen LogP contribution in [-0.4, -0.2) is 73.5 Å². The lowest BCUT2D eigenvalue weighted by Gasteiger charge is -2.20. The van der Waals surface area contributed by atoms with Crippen LogP contribution < -0.4 is 0 Å². The van der Waals surface area contributed by atoms with Gasteiger partial charge in [0, 0.05) is 13.1 Å². The second-order valence-corrected chi connectivity index (χ2v) is 3.45. The zero-order valence-electron chi connectivity index (χ0n) is 8.74. The van der Waals surface area contributed by atoms with Crippen molar-refractivity contribution in [3.63, 3.8) is 0 Å². The van der Waals surface area contributed by atoms with E-state index in [0.29, 0.717) is 13.1 Å². The Morgan fingerprint density at radius 1 is 0.800 bits per heavy atom. The third kappa shape index (κ3) is 13.8. The summed E-state index contributed by atoms with van der Waals surface area (Å²) in [7, 11) is 4.09. The molecule has 0 fully saturated rings. The molecule has 0 atom stereocenters. The molecular formula is C11H30N2O2. The minimum Gasteiger partial charge on any atom is -0.395 e. The molecule has 0 saturated heterocycles. The number of hydrogen-bond acceptors (Lipinski definition) is 4. The Morgan fingerprint density at radius 3 is 1.60 bits per heavy atom. The highest BCUT2D eigenvalue weighted by Crippen LogP contribution is 1.91. The molecule has 0 spiro atoms. The quantitative estimate of drug-likeness (QED) is 0.628. The first-order valence-electron chi connectivity index (χ1n) is 4.79. The number of aliphatic hydroxyl groups is 2. The molecule has 0 bridgehead atoms. The molecule has 0 aromatic carbocycles. The lowest BCUT2D eigenvalue weighted by Crippen LogP contribution is -2.32. The van der Waals surface area contributed by atoms with E-state index in [1.54, 1.807) is 0 Å². The summed E-state index contributed by atoms with van der Waals surface area (Å²) in [4.78, 5) is 4.21. The summed E-state index contributed by atoms with van der Waals surface area (Å²) in [5.74, 6) is 0. The summed E-state index contributed by atoms with van der Waals surface area (Å²) in [6.07, 6.45) is 1.08. The van der Waals surface area contributed by atoms with Crippen molar-refractivity contribution in [2.75, 3.05) is 53.5 Å². The van der Waals surface area contributed by atoms with Gasteiger partial charge in [0.1, 0.15) is 0 Å². The van der Waals surface area contributed by atoms with Crippen LogP contribution in [0.15, 0.2) is 0 Å². The lowest BCUT2D eigenvalue weighted by atomic mass is 10.3. The number of nitrogens with zero attached hydrogens (tertiary/aromatic N) is 2. The van der Waals surface area contributed by atoms with Gasteiger partial charge in [-0.15, -0.1) is 0 Å². The topological polar surface area (TPSA) is 46.9 Å². The maximum atomic E-state index is 8.74. The van der Waals surface area contributed by atoms with E-state index in [2.05, 4.69) is 9.80 Å². The van der Waals surface area contributed by atoms with Crippen LogP contribution in [0.1, 0.15) is 21.3 Å². The largest absolute Gasteiger partial charge is 0.395 e. The van der Waals surface area contributed by atoms with Crippen molar-refractivity contribution in [2.24, 2.45) is 0 Å². The fourth-order valence-corrected chi connectivity index (χ4v) is 1.23. The zero-order chi connectivity index (χ0) is 10.1. The summed E-state index contributed by atoms with van der Waals surface area (Å²) in [6.45, 7) is 3.65. The molecule has 0 aliphatic carbocycles. The Balaban J connectivity index is -0.000000720. The smallest absolute Gasteiger partial charge is 0.0558 e. The standard InChI is InChI=1S/C9H22N2O2.2CH4/c1-10(2)4-3-5-11(6-8-12)7-9-13;;/h12-13H,3-9H2,1-2H3;2*1H4. The molecule has 0 aromatic rings. The molecule has 0 aliphatic heterocycles. The zero-order valence-corrected chi connectivity index (χ0v) is 8.74. The predicted molar refractivity (Wildman–Crippen MR) is 67.2 cm³/mol. The molecule has 0 amide bonds. The highest BCUT2D eigenvalue weighted by Gasteiger charge is 2.02. The molecule has 0 rings (SSSR count). The molecule has 0 aromatic heterocycles. The van der Waals surface area contributed by atoms with Crippen molar-refractivity contribution in [1.82, 2.24) is 9.80 Å². The summed E-state index contributed by atoms with van der Waals surface area (Å²) in [5, 5.41) is 17.5. The first kappa shape index (κ1) is 20.3. The van der Waals surface area contributed by atoms with Crippen molar-refractivity contribution >= 4 is 0 Å². The minimum atomic E-state index is 0. The van der Waals surface area contributed by atoms with Crippen LogP contribution in [0.2, 0.25) is 0 Å². The van der Waals surface area contributed by atoms with Gasteiger partial charge in [-0.2, -0.15) is 0 Å². The predicted octanol–water partition coefficient (Wildman–Crippen LogP) is 0.497. The normalized spacial score (nSPS) is 10.0. The van der Waals surface area contributed by atoms with Crippen molar-refractivity contribution in [2.45, 2.75) is 21.3 Å². The van der Waals surface area contributed by atoms with E-state index in [4.69, 9.17) is 10.2 Å². The van der Waals surface area contributed by atoms with Gasteiger partial charge in [0.15, 0.2) is 0 Å². The summed E-state index contributed by atoms with van der Waals surface area (Å²) in [5.41, 5.74) is 0. The van der Waals surface area contributed by atoms with E-state index in [9.17, 15) is 0 Å². The third-order valence-electron chi connectivity index (χ3n) is 1.91. The molecular weight excluding hydrogens is 192 g/mol. The van der Waals surface area contributed by atoms with E-state index in [1.807, 2.05) is 14.1 Å². The van der Waals surface area contributed by atoms with Crippen LogP contribution in [0.3, 0.4) is 0 Å². The molecule has 4 heteroatoms. The maximum absolute atomic E-state index is 8.74. The SMILES string of the molecule is C.C.CN(C)CCCN(CCO)CCO. The van der Waals surface area contributed by atoms with Crippen molar-refractivity contribution < 1.29 is 10.2 Å². The van der Waals surface area contributed by atoms with Gasteiger partial charge in [0.25, 0.3) is 0 Å². The molecule has 0 heterocycles. The molecule has 4 nitrogen and oxygen atoms in total. The first-order valence-corrected chi connectivity index (χ1v) is 4.79. The number of aliphatic hydroxyl groups excluding tert-OH is 2. The Bertz CT molecular complexity index is 105. The first-order chi connectivity index (χ1) is 6.20. The molecule has 0 unspecified atom stereocenters. The van der Waals surface area contributed by atoms with Crippen molar-refractivity contribution in [3.8, 4) is 0 Å². The Labute approximate surface area is 95.5 Å². The second kappa shape index (κ2) is 13.8. The van der Waals surface area contributed by atoms with Crippen LogP contribution in [0.25, 0.3) is 0 Å². The van der Waals surface area contributed by atoms with Crippen molar-refractivity contribution in [3.05, 3.63) is 0 Å². The fraction of sp³-hybridized carbons (Fsp3) is 1.00. The second-order valence-electron chi connectivity index (χ2n) is 3.45. The van der Waals surface area contributed by atoms with Gasteiger partial charge in [0.2, 0.25) is 0 Å². The Morgan fingerprint density at radius 2 is 1.27 bits per heavy atom. The lowest BCUT2D eigenvalue weighted by molar-refractivity contribution is 0.157. The van der Waals surface area contributed by atoms with Gasteiger partial charge in [-0.05, 0) is 33.6 Å². The van der Waals surface area contributed by atoms with Crippen LogP contribution in [0, 0.1) is 0 Å². The Kier molecular flexibility index (Phi) is 18.7. The number of rotatable bonds is 8. The summed E-state index contributed by atoms with van der Waals surface area (Å²) < 4.78 is 0. The van der Waals surface area contributed by atoms with Crippen LogP contribution in [0.4, 0.5) is 0 Å². The minimum absolute atomic E-state index is 0. The van der Waals surface area contributed by atoms with Gasteiger partial charge in [-0.25, -0.2) is 0 Å². The monoisotopic (exact) mass is 222 g/mol. The van der Waals surface area contributed by atoms with Gasteiger partial charge in [-0.3, -0.25) is 4.90 Å². The molecule has 2 N–H and O–H groups in total. The molecule has 0 aliphatic rings. The van der Waals surface area contributed by atoms with Crippen LogP contribution >= 0.6 is 0 Å². The van der Waals surface area contributed by atoms with E-state index < -0.39 is 0 Å². The van der Waals surface area contributed by atoms with E-state index in [0.717, 1.165) is 19.5 Å². The number of hydrogen-bond donors (Lipinski definition) is 2. The van der Waals surface area contributed by atoms with Gasteiger partial charge in [0.05, 0.1) is 13.2 Å². The molecule has 0 saturated carbocycles. The summed E-state index contributed by atoms with van der Waals surface area (Å²) in [6, 6.07) is 0. The van der Waals surface area contributed by atoms with Crippen molar-refractivity contribution in [1.29, 1.82) is 0 Å². The Hall–Kier alpha value is -0.160. The highest BCUT2D eigenvalue weighted by molar-refractivity contribution is 4.57. The van der Waals surface area contributed by atoms with Gasteiger partial charge < -0.3 is 15.1 Å². The van der Waals surface area contributed by atoms with Gasteiger partial charge >= 0.3 is 0 Å². The third-order valence-corrected chi connectivity index (χ3v) is 1.91. The molecule has 15 heavy (non-hydrogen) atoms. The average Bonchev–Trinajstić information content (AvgIpc) is 2.04. The van der Waals surface area contributed by atoms with Crippen LogP contribution in [0.5, 0.6) is 0 Å². The van der Waals surface area contributed by atoms with Gasteiger partial charge in [-0.1, -0.05) is 14.9 Å².